The van der Waals surface area contributed by atoms with Crippen LogP contribution < -0.4 is 5.32 Å². The molecule has 1 fully saturated rings. The Morgan fingerprint density at radius 2 is 2.07 bits per heavy atom. The van der Waals surface area contributed by atoms with E-state index >= 15 is 0 Å². The molecule has 0 spiro atoms. The Bertz CT molecular complexity index is 944. The van der Waals surface area contributed by atoms with E-state index in [9.17, 15) is 9.18 Å². The van der Waals surface area contributed by atoms with Gasteiger partial charge in [0.1, 0.15) is 5.82 Å². The Kier molecular flexibility index (Phi) is 5.50. The minimum atomic E-state index is -0.326. The van der Waals surface area contributed by atoms with E-state index < -0.39 is 0 Å². The zero-order valence-electron chi connectivity index (χ0n) is 15.6. The van der Waals surface area contributed by atoms with E-state index in [2.05, 4.69) is 32.3 Å². The van der Waals surface area contributed by atoms with E-state index in [0.717, 1.165) is 31.2 Å². The van der Waals surface area contributed by atoms with Gasteiger partial charge in [0.15, 0.2) is 5.13 Å². The number of thiazole rings is 1. The average Bonchev–Trinajstić information content (AvgIpc) is 3.34. The molecular formula is C20H22FN5OS. The quantitative estimate of drug-likeness (QED) is 0.676. The summed E-state index contributed by atoms with van der Waals surface area (Å²) in [6, 6.07) is 5.93. The van der Waals surface area contributed by atoms with E-state index in [1.54, 1.807) is 12.1 Å². The van der Waals surface area contributed by atoms with Gasteiger partial charge in [0.2, 0.25) is 0 Å². The predicted octanol–water partition coefficient (Wildman–Crippen LogP) is 4.16. The molecule has 6 nitrogen and oxygen atoms in total. The van der Waals surface area contributed by atoms with Crippen molar-refractivity contribution in [2.24, 2.45) is 5.92 Å². The van der Waals surface area contributed by atoms with Gasteiger partial charge >= 0.3 is 0 Å². The smallest absolute Gasteiger partial charge is 0.261 e. The van der Waals surface area contributed by atoms with Crippen LogP contribution in [0.5, 0.6) is 0 Å². The van der Waals surface area contributed by atoms with Crippen molar-refractivity contribution >= 4 is 22.4 Å². The predicted molar refractivity (Wildman–Crippen MR) is 108 cm³/mol. The van der Waals surface area contributed by atoms with Crippen LogP contribution in [0.4, 0.5) is 9.52 Å². The van der Waals surface area contributed by atoms with Crippen LogP contribution >= 0.6 is 11.3 Å². The summed E-state index contributed by atoms with van der Waals surface area (Å²) in [7, 11) is 0. The third-order valence-corrected chi connectivity index (χ3v) is 5.86. The first-order chi connectivity index (χ1) is 13.6. The van der Waals surface area contributed by atoms with Crippen LogP contribution in [0.1, 0.15) is 35.8 Å². The van der Waals surface area contributed by atoms with E-state index in [1.165, 1.54) is 42.5 Å². The number of carbonyl (C=O) groups is 1. The van der Waals surface area contributed by atoms with Gasteiger partial charge in [-0.2, -0.15) is 5.10 Å². The van der Waals surface area contributed by atoms with E-state index in [4.69, 9.17) is 0 Å². The lowest BCUT2D eigenvalue weighted by Gasteiger charge is -2.29. The lowest BCUT2D eigenvalue weighted by Crippen LogP contribution is -2.32. The zero-order chi connectivity index (χ0) is 19.5. The Balaban J connectivity index is 1.42. The van der Waals surface area contributed by atoms with Gasteiger partial charge in [0.05, 0.1) is 23.1 Å². The molecule has 1 aromatic carbocycles. The molecule has 0 radical (unpaired) electrons. The number of rotatable bonds is 5. The number of likely N-dealkylation sites (tertiary alicyclic amines) is 1. The normalized spacial score (nSPS) is 15.6. The van der Waals surface area contributed by atoms with Crippen molar-refractivity contribution in [3.63, 3.8) is 0 Å². The number of nitrogens with one attached hydrogen (secondary N) is 2. The number of H-pyrrole nitrogens is 1. The largest absolute Gasteiger partial charge is 0.298 e. The molecule has 3 aromatic rings. The maximum absolute atomic E-state index is 13.1. The number of aromatic amines is 1. The van der Waals surface area contributed by atoms with Gasteiger partial charge in [-0.25, -0.2) is 9.37 Å². The molecule has 146 valence electrons. The first-order valence-electron chi connectivity index (χ1n) is 9.36. The Hall–Kier alpha value is -2.58. The van der Waals surface area contributed by atoms with Crippen molar-refractivity contribution in [1.82, 2.24) is 20.1 Å². The average molecular weight is 399 g/mol. The Morgan fingerprint density at radius 1 is 1.32 bits per heavy atom. The fourth-order valence-corrected chi connectivity index (χ4v) is 4.04. The van der Waals surface area contributed by atoms with Crippen LogP contribution in [0.25, 0.3) is 11.3 Å². The second kappa shape index (κ2) is 8.20. The number of hydrogen-bond donors (Lipinski definition) is 2. The summed E-state index contributed by atoms with van der Waals surface area (Å²) in [5, 5.41) is 12.2. The number of amides is 1. The van der Waals surface area contributed by atoms with Crippen molar-refractivity contribution < 1.29 is 9.18 Å². The molecule has 3 heterocycles. The van der Waals surface area contributed by atoms with Crippen LogP contribution in [0.15, 0.2) is 35.8 Å². The molecule has 0 unspecified atom stereocenters. The molecule has 8 heteroatoms. The Morgan fingerprint density at radius 3 is 2.82 bits per heavy atom. The molecule has 0 saturated carbocycles. The summed E-state index contributed by atoms with van der Waals surface area (Å²) in [6.07, 6.45) is 3.91. The topological polar surface area (TPSA) is 73.9 Å². The van der Waals surface area contributed by atoms with Gasteiger partial charge in [-0.05, 0) is 56.1 Å². The lowest BCUT2D eigenvalue weighted by molar-refractivity contribution is 0.102. The van der Waals surface area contributed by atoms with Gasteiger partial charge in [-0.15, -0.1) is 11.3 Å². The highest BCUT2D eigenvalue weighted by molar-refractivity contribution is 7.14. The minimum absolute atomic E-state index is 0.291. The second-order valence-corrected chi connectivity index (χ2v) is 8.08. The first kappa shape index (κ1) is 18.8. The number of halogens is 1. The summed E-state index contributed by atoms with van der Waals surface area (Å²) in [6.45, 7) is 5.29. The van der Waals surface area contributed by atoms with Crippen LogP contribution in [0.3, 0.4) is 0 Å². The number of benzene rings is 1. The standard InChI is InChI=1S/C20H22FN5OS/c1-13-6-8-26(9-7-13)11-16-12-28-20(23-16)24-19(27)17-10-22-25-18(17)14-2-4-15(21)5-3-14/h2-5,10,12-13H,6-9,11H2,1H3,(H,22,25)(H,23,24,27). The number of hydrogen-bond acceptors (Lipinski definition) is 5. The molecule has 4 rings (SSSR count). The summed E-state index contributed by atoms with van der Waals surface area (Å²) in [5.74, 6) is 0.181. The molecule has 0 atom stereocenters. The summed E-state index contributed by atoms with van der Waals surface area (Å²) < 4.78 is 13.1. The summed E-state index contributed by atoms with van der Waals surface area (Å²) >= 11 is 1.42. The van der Waals surface area contributed by atoms with Crippen LogP contribution in [-0.4, -0.2) is 39.1 Å². The molecule has 1 aliphatic heterocycles. The van der Waals surface area contributed by atoms with E-state index in [0.29, 0.717) is 22.0 Å². The van der Waals surface area contributed by atoms with Crippen LogP contribution in [0.2, 0.25) is 0 Å². The third kappa shape index (κ3) is 4.28. The Labute approximate surface area is 166 Å². The van der Waals surface area contributed by atoms with E-state index in [1.807, 2.05) is 5.38 Å². The molecule has 2 aromatic heterocycles. The summed E-state index contributed by atoms with van der Waals surface area (Å²) in [5.41, 5.74) is 2.62. The number of piperidine rings is 1. The zero-order valence-corrected chi connectivity index (χ0v) is 16.4. The molecule has 28 heavy (non-hydrogen) atoms. The fourth-order valence-electron chi connectivity index (χ4n) is 3.35. The van der Waals surface area contributed by atoms with Gasteiger partial charge in [0.25, 0.3) is 5.91 Å². The van der Waals surface area contributed by atoms with Crippen molar-refractivity contribution in [2.45, 2.75) is 26.3 Å². The maximum Gasteiger partial charge on any atom is 0.261 e. The number of aromatic nitrogens is 3. The highest BCUT2D eigenvalue weighted by Crippen LogP contribution is 2.24. The molecule has 1 aliphatic rings. The van der Waals surface area contributed by atoms with Gasteiger partial charge in [0, 0.05) is 17.5 Å². The van der Waals surface area contributed by atoms with Crippen molar-refractivity contribution in [1.29, 1.82) is 0 Å². The minimum Gasteiger partial charge on any atom is -0.298 e. The maximum atomic E-state index is 13.1. The molecule has 0 bridgehead atoms. The van der Waals surface area contributed by atoms with Gasteiger partial charge in [-0.3, -0.25) is 20.1 Å². The van der Waals surface area contributed by atoms with Crippen LogP contribution in [0, 0.1) is 11.7 Å². The molecule has 1 amide bonds. The SMILES string of the molecule is CC1CCN(Cc2csc(NC(=O)c3cn[nH]c3-c3ccc(F)cc3)n2)CC1. The molecule has 2 N–H and O–H groups in total. The van der Waals surface area contributed by atoms with E-state index in [-0.39, 0.29) is 11.7 Å². The second-order valence-electron chi connectivity index (χ2n) is 7.22. The van der Waals surface area contributed by atoms with Gasteiger partial charge in [-0.1, -0.05) is 6.92 Å². The highest BCUT2D eigenvalue weighted by atomic mass is 32.1. The third-order valence-electron chi connectivity index (χ3n) is 5.05. The molecule has 1 saturated heterocycles. The highest BCUT2D eigenvalue weighted by Gasteiger charge is 2.19. The number of nitrogens with zero attached hydrogens (tertiary/aromatic N) is 3. The first-order valence-corrected chi connectivity index (χ1v) is 10.2. The number of anilines is 1. The summed E-state index contributed by atoms with van der Waals surface area (Å²) in [4.78, 5) is 19.6. The molecular weight excluding hydrogens is 377 g/mol. The number of carbonyl (C=O) groups excluding carboxylic acids is 1. The van der Waals surface area contributed by atoms with Crippen molar-refractivity contribution in [3.8, 4) is 11.3 Å². The lowest BCUT2D eigenvalue weighted by atomic mass is 9.99. The monoisotopic (exact) mass is 399 g/mol. The fraction of sp³-hybridized carbons (Fsp3) is 0.350. The molecule has 0 aliphatic carbocycles. The van der Waals surface area contributed by atoms with Crippen molar-refractivity contribution in [3.05, 3.63) is 52.9 Å². The van der Waals surface area contributed by atoms with Gasteiger partial charge < -0.3 is 0 Å². The van der Waals surface area contributed by atoms with Crippen LogP contribution in [-0.2, 0) is 6.54 Å². The van der Waals surface area contributed by atoms with Crippen molar-refractivity contribution in [2.75, 3.05) is 18.4 Å².